The van der Waals surface area contributed by atoms with Crippen LogP contribution in [-0.4, -0.2) is 10.5 Å². The Hall–Kier alpha value is -2.08. The molecule has 1 aliphatic rings. The van der Waals surface area contributed by atoms with Crippen LogP contribution in [0.5, 0.6) is 0 Å². The Labute approximate surface area is 102 Å². The Balaban J connectivity index is 2.17. The topological polar surface area (TPSA) is 90.3 Å². The van der Waals surface area contributed by atoms with Gasteiger partial charge in [0.1, 0.15) is 0 Å². The lowest BCUT2D eigenvalue weighted by molar-refractivity contribution is -0.123. The molecule has 0 bridgehead atoms. The fraction of sp³-hybridized carbons (Fsp3) is 0.333. The van der Waals surface area contributed by atoms with Crippen LogP contribution >= 0.6 is 0 Å². The van der Waals surface area contributed by atoms with E-state index in [9.17, 15) is 9.59 Å². The van der Waals surface area contributed by atoms with Gasteiger partial charge in [0.15, 0.2) is 5.58 Å². The molecule has 6 nitrogen and oxygen atoms in total. The molecule has 2 aromatic rings. The van der Waals surface area contributed by atoms with E-state index in [2.05, 4.69) is 5.43 Å². The van der Waals surface area contributed by atoms with Crippen molar-refractivity contribution in [2.75, 3.05) is 0 Å². The number of rotatable bonds is 2. The largest absolute Gasteiger partial charge is 0.419 e. The zero-order valence-corrected chi connectivity index (χ0v) is 9.90. The highest BCUT2D eigenvalue weighted by Gasteiger charge is 2.51. The average Bonchev–Trinajstić information content (AvgIpc) is 3.14. The Morgan fingerprint density at radius 3 is 2.83 bits per heavy atom. The van der Waals surface area contributed by atoms with Crippen LogP contribution < -0.4 is 17.0 Å². The number of amides is 1. The van der Waals surface area contributed by atoms with E-state index in [4.69, 9.17) is 10.3 Å². The van der Waals surface area contributed by atoms with Crippen molar-refractivity contribution < 1.29 is 9.21 Å². The van der Waals surface area contributed by atoms with Crippen molar-refractivity contribution >= 4 is 17.0 Å². The van der Waals surface area contributed by atoms with Crippen molar-refractivity contribution in [3.8, 4) is 0 Å². The molecule has 3 rings (SSSR count). The maximum absolute atomic E-state index is 11.8. The van der Waals surface area contributed by atoms with Crippen molar-refractivity contribution in [1.29, 1.82) is 0 Å². The molecule has 1 heterocycles. The van der Waals surface area contributed by atoms with Crippen LogP contribution in [0.3, 0.4) is 0 Å². The van der Waals surface area contributed by atoms with E-state index in [1.165, 1.54) is 4.57 Å². The van der Waals surface area contributed by atoms with Crippen LogP contribution in [-0.2, 0) is 17.3 Å². The minimum Gasteiger partial charge on any atom is -0.408 e. The number of nitrogens with one attached hydrogen (secondary N) is 1. The third-order valence-corrected chi connectivity index (χ3v) is 3.66. The molecule has 0 saturated heterocycles. The van der Waals surface area contributed by atoms with E-state index in [1.807, 2.05) is 12.1 Å². The molecule has 1 fully saturated rings. The van der Waals surface area contributed by atoms with Crippen molar-refractivity contribution in [3.63, 3.8) is 0 Å². The number of aryl methyl sites for hydroxylation is 1. The Bertz CT molecular complexity index is 694. The molecule has 3 N–H and O–H groups in total. The van der Waals surface area contributed by atoms with Gasteiger partial charge in [-0.15, -0.1) is 0 Å². The zero-order valence-electron chi connectivity index (χ0n) is 9.90. The summed E-state index contributed by atoms with van der Waals surface area (Å²) in [6, 6.07) is 5.35. The summed E-state index contributed by atoms with van der Waals surface area (Å²) in [5.41, 5.74) is 3.75. The number of benzene rings is 1. The number of carbonyl (C=O) groups excluding carboxylic acids is 1. The van der Waals surface area contributed by atoms with E-state index in [0.717, 1.165) is 18.4 Å². The summed E-state index contributed by atoms with van der Waals surface area (Å²) in [7, 11) is 1.64. The number of aromatic nitrogens is 1. The lowest BCUT2D eigenvalue weighted by Gasteiger charge is -2.13. The van der Waals surface area contributed by atoms with Gasteiger partial charge in [-0.2, -0.15) is 0 Å². The van der Waals surface area contributed by atoms with Crippen LogP contribution in [0.1, 0.15) is 18.4 Å². The van der Waals surface area contributed by atoms with E-state index < -0.39 is 11.2 Å². The maximum atomic E-state index is 11.8. The highest BCUT2D eigenvalue weighted by Crippen LogP contribution is 2.48. The monoisotopic (exact) mass is 247 g/mol. The van der Waals surface area contributed by atoms with Gasteiger partial charge in [-0.1, -0.05) is 6.07 Å². The number of hydrogen-bond donors (Lipinski definition) is 2. The highest BCUT2D eigenvalue weighted by atomic mass is 16.4. The lowest BCUT2D eigenvalue weighted by atomic mass is 9.95. The molecule has 6 heteroatoms. The fourth-order valence-electron chi connectivity index (χ4n) is 2.33. The molecule has 0 aliphatic heterocycles. The SMILES string of the molecule is Cn1c(=O)oc2ccc(C3(C(=O)NN)CC3)cc21. The van der Waals surface area contributed by atoms with Crippen LogP contribution in [0.4, 0.5) is 0 Å². The first-order valence-corrected chi connectivity index (χ1v) is 5.69. The van der Waals surface area contributed by atoms with E-state index >= 15 is 0 Å². The molecule has 0 unspecified atom stereocenters. The predicted molar refractivity (Wildman–Crippen MR) is 64.7 cm³/mol. The minimum atomic E-state index is -0.531. The summed E-state index contributed by atoms with van der Waals surface area (Å²) in [5.74, 6) is 4.62. The van der Waals surface area contributed by atoms with E-state index in [0.29, 0.717) is 11.1 Å². The Kier molecular flexibility index (Phi) is 2.12. The van der Waals surface area contributed by atoms with Crippen LogP contribution in [0.25, 0.3) is 11.1 Å². The second-order valence-electron chi connectivity index (χ2n) is 4.67. The first kappa shape index (κ1) is 11.0. The average molecular weight is 247 g/mol. The quantitative estimate of drug-likeness (QED) is 0.449. The third-order valence-electron chi connectivity index (χ3n) is 3.66. The van der Waals surface area contributed by atoms with Gasteiger partial charge in [0.05, 0.1) is 10.9 Å². The van der Waals surface area contributed by atoms with Crippen molar-refractivity contribution in [2.45, 2.75) is 18.3 Å². The molecule has 1 aromatic carbocycles. The number of hydrazine groups is 1. The van der Waals surface area contributed by atoms with Crippen molar-refractivity contribution in [3.05, 3.63) is 34.3 Å². The van der Waals surface area contributed by atoms with Crippen molar-refractivity contribution in [1.82, 2.24) is 9.99 Å². The molecular weight excluding hydrogens is 234 g/mol. The number of oxazole rings is 1. The number of nitrogens with zero attached hydrogens (tertiary/aromatic N) is 1. The summed E-state index contributed by atoms with van der Waals surface area (Å²) >= 11 is 0. The number of carbonyl (C=O) groups is 1. The van der Waals surface area contributed by atoms with Gasteiger partial charge in [0, 0.05) is 7.05 Å². The molecule has 0 radical (unpaired) electrons. The van der Waals surface area contributed by atoms with Gasteiger partial charge in [-0.3, -0.25) is 14.8 Å². The lowest BCUT2D eigenvalue weighted by Crippen LogP contribution is -2.39. The van der Waals surface area contributed by atoms with Gasteiger partial charge in [0.25, 0.3) is 0 Å². The minimum absolute atomic E-state index is 0.185. The Morgan fingerprint density at radius 1 is 1.50 bits per heavy atom. The zero-order chi connectivity index (χ0) is 12.9. The first-order valence-electron chi connectivity index (χ1n) is 5.69. The summed E-state index contributed by atoms with van der Waals surface area (Å²) < 4.78 is 6.48. The molecular formula is C12H13N3O3. The van der Waals surface area contributed by atoms with Gasteiger partial charge in [-0.05, 0) is 30.5 Å². The van der Waals surface area contributed by atoms with Gasteiger partial charge in [-0.25, -0.2) is 10.6 Å². The molecule has 0 atom stereocenters. The summed E-state index contributed by atoms with van der Waals surface area (Å²) in [5, 5.41) is 0. The number of fused-ring (bicyclic) bond motifs is 1. The Morgan fingerprint density at radius 2 is 2.22 bits per heavy atom. The maximum Gasteiger partial charge on any atom is 0.419 e. The number of nitrogens with two attached hydrogens (primary N) is 1. The van der Waals surface area contributed by atoms with Crippen LogP contribution in [0.2, 0.25) is 0 Å². The van der Waals surface area contributed by atoms with Crippen LogP contribution in [0.15, 0.2) is 27.4 Å². The smallest absolute Gasteiger partial charge is 0.408 e. The summed E-state index contributed by atoms with van der Waals surface area (Å²) in [4.78, 5) is 23.2. The molecule has 94 valence electrons. The summed E-state index contributed by atoms with van der Waals surface area (Å²) in [6.45, 7) is 0. The van der Waals surface area contributed by atoms with Crippen LogP contribution in [0, 0.1) is 0 Å². The first-order chi connectivity index (χ1) is 8.58. The highest BCUT2D eigenvalue weighted by molar-refractivity contribution is 5.92. The standard InChI is InChI=1S/C12H13N3O3/c1-15-8-6-7(2-3-9(8)18-11(15)17)12(4-5-12)10(16)14-13/h2-3,6H,4-5,13H2,1H3,(H,14,16). The molecule has 1 amide bonds. The molecule has 18 heavy (non-hydrogen) atoms. The molecule has 1 aromatic heterocycles. The summed E-state index contributed by atoms with van der Waals surface area (Å²) in [6.07, 6.45) is 1.54. The predicted octanol–water partition coefficient (Wildman–Crippen LogP) is 0.153. The second-order valence-corrected chi connectivity index (χ2v) is 4.67. The third kappa shape index (κ3) is 1.32. The fourth-order valence-corrected chi connectivity index (χ4v) is 2.33. The van der Waals surface area contributed by atoms with E-state index in [1.54, 1.807) is 13.1 Å². The molecule has 1 saturated carbocycles. The second kappa shape index (κ2) is 3.46. The van der Waals surface area contributed by atoms with Gasteiger partial charge in [0.2, 0.25) is 5.91 Å². The van der Waals surface area contributed by atoms with E-state index in [-0.39, 0.29) is 5.91 Å². The molecule has 1 aliphatic carbocycles. The normalized spacial score (nSPS) is 16.8. The van der Waals surface area contributed by atoms with Gasteiger partial charge >= 0.3 is 5.76 Å². The van der Waals surface area contributed by atoms with Gasteiger partial charge < -0.3 is 4.42 Å². The number of hydrogen-bond acceptors (Lipinski definition) is 4. The van der Waals surface area contributed by atoms with Crippen molar-refractivity contribution in [2.24, 2.45) is 12.9 Å². The molecule has 0 spiro atoms.